The highest BCUT2D eigenvalue weighted by Gasteiger charge is 2.28. The van der Waals surface area contributed by atoms with Crippen molar-refractivity contribution in [1.29, 1.82) is 0 Å². The highest BCUT2D eigenvalue weighted by molar-refractivity contribution is 6.30. The Labute approximate surface area is 155 Å². The number of nitro groups is 1. The van der Waals surface area contributed by atoms with E-state index >= 15 is 0 Å². The highest BCUT2D eigenvalue weighted by Crippen LogP contribution is 2.25. The summed E-state index contributed by atoms with van der Waals surface area (Å²) >= 11 is 6.07. The van der Waals surface area contributed by atoms with Crippen LogP contribution < -0.4 is 10.1 Å². The predicted octanol–water partition coefficient (Wildman–Crippen LogP) is 2.80. The Hall–Kier alpha value is -2.64. The van der Waals surface area contributed by atoms with Crippen LogP contribution in [0.5, 0.6) is 5.75 Å². The molecule has 1 saturated heterocycles. The van der Waals surface area contributed by atoms with Crippen molar-refractivity contribution < 1.29 is 14.5 Å². The average molecular weight is 376 g/mol. The first-order valence-electron chi connectivity index (χ1n) is 8.17. The first-order valence-corrected chi connectivity index (χ1v) is 8.55. The van der Waals surface area contributed by atoms with E-state index < -0.39 is 4.92 Å². The number of nitrogens with zero attached hydrogens (tertiary/aromatic N) is 2. The number of nitrogens with one attached hydrogen (secondary N) is 1. The molecule has 0 aromatic heterocycles. The Morgan fingerprint density at radius 1 is 1.31 bits per heavy atom. The number of nitro benzene ring substituents is 1. The molecule has 3 rings (SSSR count). The zero-order valence-corrected chi connectivity index (χ0v) is 14.7. The summed E-state index contributed by atoms with van der Waals surface area (Å²) in [5, 5.41) is 14.6. The zero-order valence-electron chi connectivity index (χ0n) is 13.9. The van der Waals surface area contributed by atoms with Gasteiger partial charge in [-0.15, -0.1) is 0 Å². The van der Waals surface area contributed by atoms with Crippen molar-refractivity contribution in [2.75, 3.05) is 26.2 Å². The van der Waals surface area contributed by atoms with Crippen molar-refractivity contribution in [1.82, 2.24) is 10.2 Å². The molecule has 1 heterocycles. The third-order valence-electron chi connectivity index (χ3n) is 4.21. The summed E-state index contributed by atoms with van der Waals surface area (Å²) in [7, 11) is 0. The lowest BCUT2D eigenvalue weighted by Crippen LogP contribution is -2.50. The van der Waals surface area contributed by atoms with Gasteiger partial charge in [-0.2, -0.15) is 0 Å². The minimum atomic E-state index is -0.481. The van der Waals surface area contributed by atoms with Gasteiger partial charge in [-0.25, -0.2) is 0 Å². The zero-order chi connectivity index (χ0) is 18.5. The van der Waals surface area contributed by atoms with Crippen LogP contribution >= 0.6 is 11.6 Å². The number of rotatable bonds is 5. The van der Waals surface area contributed by atoms with Gasteiger partial charge in [0.15, 0.2) is 6.61 Å². The fraction of sp³-hybridized carbons (Fsp3) is 0.278. The molecule has 136 valence electrons. The van der Waals surface area contributed by atoms with Gasteiger partial charge in [0, 0.05) is 36.8 Å². The number of hydrogen-bond donors (Lipinski definition) is 1. The smallest absolute Gasteiger partial charge is 0.269 e. The minimum Gasteiger partial charge on any atom is -0.484 e. The summed E-state index contributed by atoms with van der Waals surface area (Å²) in [6.45, 7) is 1.79. The molecular weight excluding hydrogens is 358 g/mol. The summed E-state index contributed by atoms with van der Waals surface area (Å²) in [6, 6.07) is 13.0. The SMILES string of the molecule is O=C(COc1ccc([N+](=O)[O-])cc1)N1CCNCC1c1cccc(Cl)c1. The van der Waals surface area contributed by atoms with Crippen LogP contribution in [0.2, 0.25) is 5.02 Å². The molecule has 1 unspecified atom stereocenters. The molecule has 1 atom stereocenters. The molecule has 0 spiro atoms. The lowest BCUT2D eigenvalue weighted by Gasteiger charge is -2.36. The minimum absolute atomic E-state index is 0.0215. The van der Waals surface area contributed by atoms with E-state index in [2.05, 4.69) is 5.32 Å². The van der Waals surface area contributed by atoms with Crippen molar-refractivity contribution >= 4 is 23.2 Å². The highest BCUT2D eigenvalue weighted by atomic mass is 35.5. The summed E-state index contributed by atoms with van der Waals surface area (Å²) in [5.41, 5.74) is 0.945. The van der Waals surface area contributed by atoms with E-state index in [0.29, 0.717) is 30.4 Å². The predicted molar refractivity (Wildman–Crippen MR) is 97.4 cm³/mol. The van der Waals surface area contributed by atoms with Crippen LogP contribution in [0.15, 0.2) is 48.5 Å². The Morgan fingerprint density at radius 2 is 2.08 bits per heavy atom. The Kier molecular flexibility index (Phi) is 5.70. The van der Waals surface area contributed by atoms with Crippen LogP contribution in [0.4, 0.5) is 5.69 Å². The number of piperazine rings is 1. The fourth-order valence-corrected chi connectivity index (χ4v) is 3.11. The Balaban J connectivity index is 1.66. The standard InChI is InChI=1S/C18H18ClN3O4/c19-14-3-1-2-13(10-14)17-11-20-8-9-21(17)18(23)12-26-16-6-4-15(5-7-16)22(24)25/h1-7,10,17,20H,8-9,11-12H2. The van der Waals surface area contributed by atoms with Gasteiger partial charge < -0.3 is 15.0 Å². The van der Waals surface area contributed by atoms with E-state index in [9.17, 15) is 14.9 Å². The summed E-state index contributed by atoms with van der Waals surface area (Å²) in [4.78, 5) is 24.6. The molecule has 0 bridgehead atoms. The fourth-order valence-electron chi connectivity index (χ4n) is 2.91. The van der Waals surface area contributed by atoms with E-state index in [1.54, 1.807) is 11.0 Å². The average Bonchev–Trinajstić information content (AvgIpc) is 2.66. The topological polar surface area (TPSA) is 84.7 Å². The number of amides is 1. The van der Waals surface area contributed by atoms with Crippen molar-refractivity contribution in [3.8, 4) is 5.75 Å². The van der Waals surface area contributed by atoms with Gasteiger partial charge in [0.25, 0.3) is 11.6 Å². The van der Waals surface area contributed by atoms with Crippen molar-refractivity contribution in [3.05, 3.63) is 69.2 Å². The molecule has 7 nitrogen and oxygen atoms in total. The van der Waals surface area contributed by atoms with E-state index in [1.807, 2.05) is 18.2 Å². The second kappa shape index (κ2) is 8.16. The molecule has 1 amide bonds. The maximum atomic E-state index is 12.6. The van der Waals surface area contributed by atoms with Crippen LogP contribution in [0, 0.1) is 10.1 Å². The molecule has 0 radical (unpaired) electrons. The number of hydrogen-bond acceptors (Lipinski definition) is 5. The molecule has 1 aliphatic rings. The number of benzene rings is 2. The van der Waals surface area contributed by atoms with Gasteiger partial charge in [-0.05, 0) is 29.8 Å². The maximum Gasteiger partial charge on any atom is 0.269 e. The normalized spacial score (nSPS) is 17.0. The number of carbonyl (C=O) groups is 1. The molecule has 0 saturated carbocycles. The molecule has 26 heavy (non-hydrogen) atoms. The van der Waals surface area contributed by atoms with Crippen LogP contribution in [0.1, 0.15) is 11.6 Å². The number of ether oxygens (including phenoxy) is 1. The first kappa shape index (κ1) is 18.2. The summed E-state index contributed by atoms with van der Waals surface area (Å²) in [6.07, 6.45) is 0. The first-order chi connectivity index (χ1) is 12.5. The lowest BCUT2D eigenvalue weighted by atomic mass is 10.0. The molecule has 8 heteroatoms. The second-order valence-electron chi connectivity index (χ2n) is 5.90. The van der Waals surface area contributed by atoms with Gasteiger partial charge in [0.05, 0.1) is 11.0 Å². The quantitative estimate of drug-likeness (QED) is 0.641. The Bertz CT molecular complexity index is 797. The maximum absolute atomic E-state index is 12.6. The largest absolute Gasteiger partial charge is 0.484 e. The van der Waals surface area contributed by atoms with Crippen LogP contribution in [0.25, 0.3) is 0 Å². The summed E-state index contributed by atoms with van der Waals surface area (Å²) < 4.78 is 5.50. The Morgan fingerprint density at radius 3 is 2.77 bits per heavy atom. The van der Waals surface area contributed by atoms with Crippen molar-refractivity contribution in [3.63, 3.8) is 0 Å². The third-order valence-corrected chi connectivity index (χ3v) is 4.44. The van der Waals surface area contributed by atoms with Crippen molar-refractivity contribution in [2.45, 2.75) is 6.04 Å². The third kappa shape index (κ3) is 4.30. The number of carbonyl (C=O) groups excluding carboxylic acids is 1. The molecular formula is C18H18ClN3O4. The van der Waals surface area contributed by atoms with Crippen LogP contribution in [-0.4, -0.2) is 42.0 Å². The van der Waals surface area contributed by atoms with Crippen molar-refractivity contribution in [2.24, 2.45) is 0 Å². The van der Waals surface area contributed by atoms with Gasteiger partial charge in [-0.1, -0.05) is 23.7 Å². The van der Waals surface area contributed by atoms with E-state index in [4.69, 9.17) is 16.3 Å². The van der Waals surface area contributed by atoms with E-state index in [0.717, 1.165) is 5.56 Å². The molecule has 1 fully saturated rings. The molecule has 0 aliphatic carbocycles. The van der Waals surface area contributed by atoms with Gasteiger partial charge >= 0.3 is 0 Å². The number of non-ortho nitro benzene ring substituents is 1. The second-order valence-corrected chi connectivity index (χ2v) is 6.34. The molecule has 2 aromatic carbocycles. The monoisotopic (exact) mass is 375 g/mol. The summed E-state index contributed by atoms with van der Waals surface area (Å²) in [5.74, 6) is 0.271. The van der Waals surface area contributed by atoms with Crippen LogP contribution in [-0.2, 0) is 4.79 Å². The van der Waals surface area contributed by atoms with Gasteiger partial charge in [0.2, 0.25) is 0 Å². The van der Waals surface area contributed by atoms with Gasteiger partial charge in [-0.3, -0.25) is 14.9 Å². The van der Waals surface area contributed by atoms with E-state index in [-0.39, 0.29) is 24.2 Å². The lowest BCUT2D eigenvalue weighted by molar-refractivity contribution is -0.384. The molecule has 2 aromatic rings. The molecule has 1 aliphatic heterocycles. The molecule has 1 N–H and O–H groups in total. The van der Waals surface area contributed by atoms with Crippen LogP contribution in [0.3, 0.4) is 0 Å². The van der Waals surface area contributed by atoms with Gasteiger partial charge in [0.1, 0.15) is 5.75 Å². The van der Waals surface area contributed by atoms with E-state index in [1.165, 1.54) is 24.3 Å². The number of halogens is 1.